The molecule has 0 N–H and O–H groups in total. The van der Waals surface area contributed by atoms with Crippen molar-refractivity contribution in [1.82, 2.24) is 24.4 Å². The average Bonchev–Trinajstić information content (AvgIpc) is 3.50. The van der Waals surface area contributed by atoms with Gasteiger partial charge in [-0.05, 0) is 24.3 Å². The molecule has 0 spiro atoms. The van der Waals surface area contributed by atoms with E-state index in [1.165, 1.54) is 28.2 Å². The fraction of sp³-hybridized carbons (Fsp3) is 0.273. The van der Waals surface area contributed by atoms with Gasteiger partial charge in [0.25, 0.3) is 11.5 Å². The van der Waals surface area contributed by atoms with Gasteiger partial charge in [-0.15, -0.1) is 0 Å². The molecule has 1 aromatic carbocycles. The third kappa shape index (κ3) is 4.02. The molecule has 0 saturated carbocycles. The highest BCUT2D eigenvalue weighted by Gasteiger charge is 2.24. The monoisotopic (exact) mass is 451 g/mol. The minimum absolute atomic E-state index is 0.0952. The number of furan rings is 1. The molecule has 0 bridgehead atoms. The Kier molecular flexibility index (Phi) is 5.46. The van der Waals surface area contributed by atoms with E-state index >= 15 is 0 Å². The summed E-state index contributed by atoms with van der Waals surface area (Å²) in [6.45, 7) is 3.14. The molecule has 3 aromatic heterocycles. The lowest BCUT2D eigenvalue weighted by molar-refractivity contribution is 0.0596. The summed E-state index contributed by atoms with van der Waals surface area (Å²) >= 11 is 1.37. The van der Waals surface area contributed by atoms with Crippen molar-refractivity contribution in [3.63, 3.8) is 0 Å². The Hall–Kier alpha value is -3.50. The zero-order valence-corrected chi connectivity index (χ0v) is 18.2. The number of benzene rings is 1. The summed E-state index contributed by atoms with van der Waals surface area (Å²) in [5.74, 6) is 0.991. The lowest BCUT2D eigenvalue weighted by Gasteiger charge is -2.34. The zero-order chi connectivity index (χ0) is 22.1. The van der Waals surface area contributed by atoms with E-state index in [1.54, 1.807) is 24.1 Å². The molecular weight excluding hydrogens is 430 g/mol. The van der Waals surface area contributed by atoms with Crippen LogP contribution in [-0.4, -0.2) is 63.6 Å². The molecule has 4 aromatic rings. The summed E-state index contributed by atoms with van der Waals surface area (Å²) in [6.07, 6.45) is 1.50. The van der Waals surface area contributed by atoms with Gasteiger partial charge in [0.2, 0.25) is 4.96 Å². The first-order chi connectivity index (χ1) is 15.6. The standard InChI is InChI=1S/C22H21N5O4S/c1-30-17-5-2-4-15(12-17)20-24-27-19(28)13-16(23-22(27)32-20)14-25-7-9-26(10-8-25)21(29)18-6-3-11-31-18/h2-6,11-13H,7-10,14H2,1H3. The van der Waals surface area contributed by atoms with Gasteiger partial charge in [-0.25, -0.2) is 4.98 Å². The van der Waals surface area contributed by atoms with Crippen LogP contribution in [0.2, 0.25) is 0 Å². The smallest absolute Gasteiger partial charge is 0.289 e. The second-order valence-electron chi connectivity index (χ2n) is 7.46. The maximum Gasteiger partial charge on any atom is 0.289 e. The Morgan fingerprint density at radius 2 is 2.00 bits per heavy atom. The lowest BCUT2D eigenvalue weighted by Crippen LogP contribution is -2.48. The van der Waals surface area contributed by atoms with Gasteiger partial charge >= 0.3 is 0 Å². The highest BCUT2D eigenvalue weighted by atomic mass is 32.1. The van der Waals surface area contributed by atoms with Gasteiger partial charge in [0.1, 0.15) is 10.8 Å². The highest BCUT2D eigenvalue weighted by Crippen LogP contribution is 2.27. The molecule has 0 unspecified atom stereocenters. The summed E-state index contributed by atoms with van der Waals surface area (Å²) in [7, 11) is 1.61. The highest BCUT2D eigenvalue weighted by molar-refractivity contribution is 7.19. The molecule has 9 nitrogen and oxygen atoms in total. The van der Waals surface area contributed by atoms with Crippen LogP contribution in [-0.2, 0) is 6.54 Å². The molecular formula is C22H21N5O4S. The first-order valence-corrected chi connectivity index (χ1v) is 11.0. The van der Waals surface area contributed by atoms with E-state index in [4.69, 9.17) is 9.15 Å². The molecule has 0 atom stereocenters. The molecule has 1 saturated heterocycles. The second kappa shape index (κ2) is 8.56. The molecule has 1 aliphatic rings. The van der Waals surface area contributed by atoms with Crippen molar-refractivity contribution in [3.05, 3.63) is 70.5 Å². The number of carbonyl (C=O) groups is 1. The van der Waals surface area contributed by atoms with Crippen molar-refractivity contribution >= 4 is 22.2 Å². The van der Waals surface area contributed by atoms with Crippen LogP contribution in [0, 0.1) is 0 Å². The Bertz CT molecular complexity index is 1310. The number of hydrogen-bond donors (Lipinski definition) is 0. The fourth-order valence-corrected chi connectivity index (χ4v) is 4.62. The molecule has 164 valence electrons. The van der Waals surface area contributed by atoms with Crippen LogP contribution in [0.1, 0.15) is 16.2 Å². The van der Waals surface area contributed by atoms with Crippen molar-refractivity contribution in [2.24, 2.45) is 0 Å². The fourth-order valence-electron chi connectivity index (χ4n) is 3.70. The molecule has 0 aliphatic carbocycles. The average molecular weight is 452 g/mol. The molecule has 1 fully saturated rings. The minimum Gasteiger partial charge on any atom is -0.497 e. The van der Waals surface area contributed by atoms with E-state index < -0.39 is 0 Å². The van der Waals surface area contributed by atoms with Gasteiger partial charge in [-0.3, -0.25) is 14.5 Å². The van der Waals surface area contributed by atoms with E-state index in [2.05, 4.69) is 15.0 Å². The van der Waals surface area contributed by atoms with Crippen LogP contribution in [0.25, 0.3) is 15.5 Å². The number of rotatable bonds is 5. The predicted molar refractivity (Wildman–Crippen MR) is 119 cm³/mol. The minimum atomic E-state index is -0.206. The van der Waals surface area contributed by atoms with Crippen molar-refractivity contribution in [2.75, 3.05) is 33.3 Å². The third-order valence-corrected chi connectivity index (χ3v) is 6.35. The Morgan fingerprint density at radius 1 is 1.16 bits per heavy atom. The van der Waals surface area contributed by atoms with Gasteiger partial charge in [-0.2, -0.15) is 9.61 Å². The Balaban J connectivity index is 1.30. The normalized spacial score (nSPS) is 14.7. The topological polar surface area (TPSA) is 93.2 Å². The Morgan fingerprint density at radius 3 is 2.75 bits per heavy atom. The first-order valence-electron chi connectivity index (χ1n) is 10.2. The van der Waals surface area contributed by atoms with Gasteiger partial charge < -0.3 is 14.1 Å². The number of fused-ring (bicyclic) bond motifs is 1. The third-order valence-electron chi connectivity index (χ3n) is 5.39. The summed E-state index contributed by atoms with van der Waals surface area (Å²) in [6, 6.07) is 12.5. The van der Waals surface area contributed by atoms with Crippen molar-refractivity contribution in [1.29, 1.82) is 0 Å². The quantitative estimate of drug-likeness (QED) is 0.460. The molecule has 32 heavy (non-hydrogen) atoms. The van der Waals surface area contributed by atoms with E-state index in [0.29, 0.717) is 54.1 Å². The molecule has 1 aliphatic heterocycles. The molecule has 10 heteroatoms. The van der Waals surface area contributed by atoms with Gasteiger partial charge in [0.15, 0.2) is 5.76 Å². The molecule has 0 radical (unpaired) electrons. The lowest BCUT2D eigenvalue weighted by atomic mass is 10.2. The maximum atomic E-state index is 12.6. The number of hydrogen-bond acceptors (Lipinski definition) is 8. The van der Waals surface area contributed by atoms with Gasteiger partial charge in [0.05, 0.1) is 19.1 Å². The van der Waals surface area contributed by atoms with Crippen molar-refractivity contribution < 1.29 is 13.9 Å². The Labute approximate surface area is 187 Å². The SMILES string of the molecule is COc1cccc(-c2nn3c(=O)cc(CN4CCN(C(=O)c5ccco5)CC4)nc3s2)c1. The van der Waals surface area contributed by atoms with Gasteiger partial charge in [-0.1, -0.05) is 23.5 Å². The number of nitrogens with zero attached hydrogens (tertiary/aromatic N) is 5. The van der Waals surface area contributed by atoms with Crippen LogP contribution in [0.5, 0.6) is 5.75 Å². The molecule has 4 heterocycles. The summed E-state index contributed by atoms with van der Waals surface area (Å²) in [5.41, 5.74) is 1.36. The van der Waals surface area contributed by atoms with E-state index in [0.717, 1.165) is 11.3 Å². The van der Waals surface area contributed by atoms with E-state index in [9.17, 15) is 9.59 Å². The van der Waals surface area contributed by atoms with Crippen LogP contribution in [0.4, 0.5) is 0 Å². The molecule has 5 rings (SSSR count). The first kappa shape index (κ1) is 20.4. The number of aromatic nitrogens is 3. The maximum absolute atomic E-state index is 12.6. The zero-order valence-electron chi connectivity index (χ0n) is 17.4. The summed E-state index contributed by atoms with van der Waals surface area (Å²) in [5, 5.41) is 5.14. The van der Waals surface area contributed by atoms with Crippen LogP contribution >= 0.6 is 11.3 Å². The number of amides is 1. The summed E-state index contributed by atoms with van der Waals surface area (Å²) in [4.78, 5) is 34.3. The van der Waals surface area contributed by atoms with Crippen LogP contribution in [0.3, 0.4) is 0 Å². The van der Waals surface area contributed by atoms with E-state index in [1.807, 2.05) is 24.3 Å². The van der Waals surface area contributed by atoms with Crippen molar-refractivity contribution in [3.8, 4) is 16.3 Å². The largest absolute Gasteiger partial charge is 0.497 e. The van der Waals surface area contributed by atoms with Crippen molar-refractivity contribution in [2.45, 2.75) is 6.54 Å². The number of piperazine rings is 1. The summed E-state index contributed by atoms with van der Waals surface area (Å²) < 4.78 is 11.8. The predicted octanol–water partition coefficient (Wildman–Crippen LogP) is 2.38. The van der Waals surface area contributed by atoms with Crippen LogP contribution < -0.4 is 10.3 Å². The second-order valence-corrected chi connectivity index (χ2v) is 8.42. The van der Waals surface area contributed by atoms with Crippen LogP contribution in [0.15, 0.2) is 57.9 Å². The van der Waals surface area contributed by atoms with Gasteiger partial charge in [0, 0.05) is 44.4 Å². The number of ether oxygens (including phenoxy) is 1. The molecule has 1 amide bonds. The van der Waals surface area contributed by atoms with E-state index in [-0.39, 0.29) is 11.5 Å². The number of methoxy groups -OCH3 is 1. The number of carbonyl (C=O) groups excluding carboxylic acids is 1.